The quantitative estimate of drug-likeness (QED) is 0.0625. The predicted molar refractivity (Wildman–Crippen MR) is 149 cm³/mol. The van der Waals surface area contributed by atoms with E-state index >= 15 is 0 Å². The number of pyridine rings is 1. The minimum Gasteiger partial charge on any atom is -0.756 e. The third kappa shape index (κ3) is 7.65. The van der Waals surface area contributed by atoms with Gasteiger partial charge in [0, 0.05) is 6.07 Å². The number of aliphatic hydroxyl groups excluding tert-OH is 3. The van der Waals surface area contributed by atoms with E-state index in [1.807, 2.05) is 0 Å². The number of phosphoric ester groups is 2. The van der Waals surface area contributed by atoms with Crippen LogP contribution in [0.1, 0.15) is 22.8 Å². The maximum atomic E-state index is 14.8. The average molecular weight is 703 g/mol. The molecule has 0 aromatic carbocycles. The number of nitrogens with zero attached hydrogens (tertiary/aromatic N) is 5. The van der Waals surface area contributed by atoms with Crippen LogP contribution in [0.15, 0.2) is 37.2 Å². The van der Waals surface area contributed by atoms with Gasteiger partial charge in [0.15, 0.2) is 35.6 Å². The summed E-state index contributed by atoms with van der Waals surface area (Å²) in [5, 5.41) is 34.2. The van der Waals surface area contributed by atoms with Crippen molar-refractivity contribution in [1.82, 2.24) is 19.5 Å². The molecule has 2 unspecified atom stereocenters. The van der Waals surface area contributed by atoms with Gasteiger partial charge in [-0.1, -0.05) is 5.92 Å². The number of amides is 1. The number of rotatable bonds is 13. The molecule has 10 atom stereocenters. The number of terminal acetylenes is 1. The molecule has 23 heteroatoms. The number of aliphatic hydroxyl groups is 3. The molecule has 2 saturated heterocycles. The zero-order chi connectivity index (χ0) is 34.1. The number of fused-ring (bicyclic) bond motifs is 1. The topological polar surface area (TPSA) is 287 Å². The number of alkyl halides is 1. The summed E-state index contributed by atoms with van der Waals surface area (Å²) in [5.41, 5.74) is 5.65. The van der Waals surface area contributed by atoms with Crippen LogP contribution in [0.3, 0.4) is 0 Å². The zero-order valence-corrected chi connectivity index (χ0v) is 25.6. The van der Waals surface area contributed by atoms with Gasteiger partial charge < -0.3 is 50.2 Å². The lowest BCUT2D eigenvalue weighted by Crippen LogP contribution is -2.45. The van der Waals surface area contributed by atoms with Crippen LogP contribution in [0.5, 0.6) is 0 Å². The highest BCUT2D eigenvalue weighted by Crippen LogP contribution is 2.58. The van der Waals surface area contributed by atoms with Crippen molar-refractivity contribution < 1.29 is 70.8 Å². The Morgan fingerprint density at radius 3 is 2.62 bits per heavy atom. The average Bonchev–Trinajstić information content (AvgIpc) is 3.67. The molecule has 3 aromatic heterocycles. The molecule has 0 spiro atoms. The van der Waals surface area contributed by atoms with Crippen molar-refractivity contribution in [1.29, 1.82) is 0 Å². The van der Waals surface area contributed by atoms with Crippen LogP contribution in [-0.2, 0) is 32.0 Å². The summed E-state index contributed by atoms with van der Waals surface area (Å²) in [6.45, 7) is -1.86. The lowest BCUT2D eigenvalue weighted by Gasteiger charge is -2.26. The molecule has 47 heavy (non-hydrogen) atoms. The summed E-state index contributed by atoms with van der Waals surface area (Å²) >= 11 is 0. The van der Waals surface area contributed by atoms with Crippen molar-refractivity contribution >= 4 is 38.5 Å². The zero-order valence-electron chi connectivity index (χ0n) is 23.8. The number of halogens is 1. The molecule has 0 bridgehead atoms. The first kappa shape index (κ1) is 34.8. The van der Waals surface area contributed by atoms with Crippen molar-refractivity contribution in [3.8, 4) is 12.3 Å². The fourth-order valence-corrected chi connectivity index (χ4v) is 6.84. The van der Waals surface area contributed by atoms with E-state index in [0.717, 1.165) is 10.8 Å². The minimum absolute atomic E-state index is 0.00198. The number of phosphoric acid groups is 2. The third-order valence-corrected chi connectivity index (χ3v) is 9.59. The number of primary amides is 1. The second-order valence-corrected chi connectivity index (χ2v) is 13.1. The number of aromatic nitrogens is 5. The van der Waals surface area contributed by atoms with E-state index in [1.54, 1.807) is 0 Å². The molecule has 5 heterocycles. The van der Waals surface area contributed by atoms with E-state index in [-0.39, 0.29) is 29.1 Å². The van der Waals surface area contributed by atoms with Gasteiger partial charge in [-0.3, -0.25) is 18.5 Å². The van der Waals surface area contributed by atoms with E-state index in [2.05, 4.69) is 39.5 Å². The Bertz CT molecular complexity index is 1760. The first-order valence-electron chi connectivity index (χ1n) is 13.5. The summed E-state index contributed by atoms with van der Waals surface area (Å²) in [5.74, 6) is 1.85. The number of carbonyl (C=O) groups is 1. The highest BCUT2D eigenvalue weighted by atomic mass is 31.3. The van der Waals surface area contributed by atoms with Gasteiger partial charge in [-0.25, -0.2) is 28.2 Å². The number of anilines is 1. The molecule has 5 rings (SSSR count). The summed E-state index contributed by atoms with van der Waals surface area (Å²) < 4.78 is 66.2. The largest absolute Gasteiger partial charge is 0.756 e. The lowest BCUT2D eigenvalue weighted by atomic mass is 10.1. The van der Waals surface area contributed by atoms with E-state index in [0.29, 0.717) is 0 Å². The van der Waals surface area contributed by atoms with Crippen LogP contribution in [0.4, 0.5) is 10.2 Å². The van der Waals surface area contributed by atoms with Gasteiger partial charge >= 0.3 is 7.82 Å². The van der Waals surface area contributed by atoms with Crippen LogP contribution in [-0.4, -0.2) is 102 Å². The molecule has 3 aromatic rings. The van der Waals surface area contributed by atoms with E-state index < -0.39 is 83.9 Å². The van der Waals surface area contributed by atoms with Gasteiger partial charge in [-0.05, 0) is 6.07 Å². The van der Waals surface area contributed by atoms with E-state index in [4.69, 9.17) is 21.6 Å². The highest BCUT2D eigenvalue weighted by Gasteiger charge is 2.50. The Hall–Kier alpha value is -3.48. The summed E-state index contributed by atoms with van der Waals surface area (Å²) in [6, 6.07) is 2.72. The van der Waals surface area contributed by atoms with Crippen LogP contribution < -0.4 is 20.5 Å². The monoisotopic (exact) mass is 703 g/mol. The van der Waals surface area contributed by atoms with E-state index in [1.165, 1.54) is 35.6 Å². The number of nitrogens with one attached hydrogen (secondary N) is 1. The molecule has 20 nitrogen and oxygen atoms in total. The molecule has 0 radical (unpaired) electrons. The second-order valence-electron chi connectivity index (χ2n) is 10.1. The van der Waals surface area contributed by atoms with Gasteiger partial charge in [0.2, 0.25) is 6.17 Å². The molecule has 1 amide bonds. The minimum atomic E-state index is -5.67. The van der Waals surface area contributed by atoms with Crippen LogP contribution >= 0.6 is 15.6 Å². The first-order chi connectivity index (χ1) is 22.2. The molecular weight excluding hydrogens is 675 g/mol. The van der Waals surface area contributed by atoms with Gasteiger partial charge in [0.05, 0.1) is 26.1 Å². The maximum absolute atomic E-state index is 14.8. The Morgan fingerprint density at radius 2 is 1.89 bits per heavy atom. The highest BCUT2D eigenvalue weighted by molar-refractivity contribution is 7.60. The Labute approximate surface area is 264 Å². The fourth-order valence-electron chi connectivity index (χ4n) is 4.78. The molecule has 2 aliphatic heterocycles. The van der Waals surface area contributed by atoms with Crippen molar-refractivity contribution in [2.75, 3.05) is 25.1 Å². The fraction of sp³-hybridized carbons (Fsp3) is 0.458. The molecule has 0 saturated carbocycles. The molecule has 0 aliphatic carbocycles. The molecule has 7 N–H and O–H groups in total. The molecular formula is C24H28FN7O13P2. The van der Waals surface area contributed by atoms with Crippen molar-refractivity contribution in [3.63, 3.8) is 0 Å². The molecule has 2 aliphatic rings. The first-order valence-corrected chi connectivity index (χ1v) is 16.5. The standard InChI is InChI=1S/C24H28FN7O13P2/c1-2-5-27-21-16-22(29-10-28-21)32(11-30-16)24-19(35)18(34)14(44-24)9-42-47(39,40)45-46(37,38)41-8-13-17(33)15(25)23(43-13)31-6-3-4-12(7-31)20(26)36/h1,3-4,6-7,10-11,13-15,17-19,23-24,33-35H,5,8-9H2,(H4-,26,27,28,29,36,37,38,39,40)/t13-,14-,15+,17-,18-,19-,23-,24-/m1/s1. The van der Waals surface area contributed by atoms with Gasteiger partial charge in [0.1, 0.15) is 42.4 Å². The maximum Gasteiger partial charge on any atom is 0.478 e. The summed E-state index contributed by atoms with van der Waals surface area (Å²) in [4.78, 5) is 46.1. The Balaban J connectivity index is 1.16. The number of hydrogen-bond donors (Lipinski definition) is 6. The number of imidazole rings is 1. The second kappa shape index (κ2) is 13.9. The lowest BCUT2D eigenvalue weighted by molar-refractivity contribution is -0.764. The third-order valence-electron chi connectivity index (χ3n) is 7.02. The number of ether oxygens (including phenoxy) is 2. The number of carbonyl (C=O) groups excluding carboxylic acids is 1. The van der Waals surface area contributed by atoms with E-state index in [9.17, 15) is 43.4 Å². The molecule has 2 fully saturated rings. The predicted octanol–water partition coefficient (Wildman–Crippen LogP) is -2.21. The van der Waals surface area contributed by atoms with Gasteiger partial charge in [0.25, 0.3) is 20.0 Å². The Morgan fingerprint density at radius 1 is 1.17 bits per heavy atom. The number of hydrogen-bond acceptors (Lipinski definition) is 16. The van der Waals surface area contributed by atoms with Crippen molar-refractivity contribution in [3.05, 3.63) is 42.7 Å². The van der Waals surface area contributed by atoms with Gasteiger partial charge in [-0.15, -0.1) is 6.42 Å². The SMILES string of the molecule is C#CCNc1ncnc2c1ncn2[C@@H]1O[C@H](COP(=O)(O)OP(=O)([O-])OC[C@H]2O[C@@H]([n+]3cccc(C(N)=O)c3)[C@@H](F)[C@@H]2O)[C@@H](O)[C@H]1O. The Kier molecular flexibility index (Phi) is 10.3. The van der Waals surface area contributed by atoms with Crippen molar-refractivity contribution in [2.45, 2.75) is 49.1 Å². The summed E-state index contributed by atoms with van der Waals surface area (Å²) in [6.07, 6.45) is -3.07. The normalized spacial score (nSPS) is 30.1. The van der Waals surface area contributed by atoms with Crippen molar-refractivity contribution in [2.24, 2.45) is 5.73 Å². The van der Waals surface area contributed by atoms with Crippen LogP contribution in [0.2, 0.25) is 0 Å². The van der Waals surface area contributed by atoms with Crippen LogP contribution in [0.25, 0.3) is 11.2 Å². The number of nitrogens with two attached hydrogens (primary N) is 1. The van der Waals surface area contributed by atoms with Gasteiger partial charge in [-0.2, -0.15) is 4.57 Å². The summed E-state index contributed by atoms with van der Waals surface area (Å²) in [7, 11) is -11.1. The smallest absolute Gasteiger partial charge is 0.478 e. The molecule has 254 valence electrons. The van der Waals surface area contributed by atoms with Crippen LogP contribution in [0, 0.1) is 12.3 Å².